The maximum absolute atomic E-state index is 13.9. The van der Waals surface area contributed by atoms with E-state index in [0.717, 1.165) is 5.69 Å². The highest BCUT2D eigenvalue weighted by atomic mass is 35.5. The molecule has 2 aromatic carbocycles. The van der Waals surface area contributed by atoms with Crippen LogP contribution in [0.15, 0.2) is 42.5 Å². The minimum absolute atomic E-state index is 0.195. The average Bonchev–Trinajstić information content (AvgIpc) is 2.87. The number of nitrogens with zero attached hydrogens (tertiary/aromatic N) is 2. The molecule has 7 heteroatoms. The van der Waals surface area contributed by atoms with Crippen LogP contribution in [0.1, 0.15) is 27.3 Å². The molecular weight excluding hydrogens is 376 g/mol. The van der Waals surface area contributed by atoms with E-state index in [1.807, 2.05) is 6.92 Å². The number of anilines is 1. The van der Waals surface area contributed by atoms with E-state index in [0.29, 0.717) is 22.0 Å². The molecule has 0 aliphatic rings. The number of amides is 1. The molecule has 3 aromatic rings. The minimum Gasteiger partial charge on any atom is -0.319 e. The van der Waals surface area contributed by atoms with Crippen LogP contribution in [0.25, 0.3) is 0 Å². The van der Waals surface area contributed by atoms with Gasteiger partial charge in [0.1, 0.15) is 5.82 Å². The highest BCUT2D eigenvalue weighted by Gasteiger charge is 2.18. The first-order valence-electron chi connectivity index (χ1n) is 7.91. The highest BCUT2D eigenvalue weighted by molar-refractivity contribution is 6.44. The van der Waals surface area contributed by atoms with E-state index in [4.69, 9.17) is 23.2 Å². The molecule has 1 heterocycles. The van der Waals surface area contributed by atoms with E-state index in [1.54, 1.807) is 48.0 Å². The van der Waals surface area contributed by atoms with E-state index in [-0.39, 0.29) is 28.9 Å². The zero-order valence-electron chi connectivity index (χ0n) is 14.2. The maximum atomic E-state index is 13.9. The standard InChI is InChI=1S/C19H16Cl2FN3O/c1-11-18(23-19(26)14-7-5-8-15(20)17(14)21)12(2)25(24-11)10-13-6-3-4-9-16(13)22/h3-9H,10H2,1-2H3,(H,23,26). The zero-order valence-corrected chi connectivity index (χ0v) is 15.7. The number of hydrogen-bond acceptors (Lipinski definition) is 2. The summed E-state index contributed by atoms with van der Waals surface area (Å²) >= 11 is 12.1. The first-order chi connectivity index (χ1) is 12.4. The third kappa shape index (κ3) is 3.59. The largest absolute Gasteiger partial charge is 0.319 e. The Bertz CT molecular complexity index is 985. The van der Waals surface area contributed by atoms with Gasteiger partial charge in [-0.25, -0.2) is 4.39 Å². The number of rotatable bonds is 4. The van der Waals surface area contributed by atoms with Crippen molar-refractivity contribution in [2.24, 2.45) is 0 Å². The van der Waals surface area contributed by atoms with E-state index in [1.165, 1.54) is 6.07 Å². The summed E-state index contributed by atoms with van der Waals surface area (Å²) in [4.78, 5) is 12.6. The lowest BCUT2D eigenvalue weighted by Gasteiger charge is -2.09. The van der Waals surface area contributed by atoms with Crippen LogP contribution >= 0.6 is 23.2 Å². The zero-order chi connectivity index (χ0) is 18.8. The third-order valence-electron chi connectivity index (χ3n) is 4.09. The Morgan fingerprint density at radius 2 is 1.88 bits per heavy atom. The first-order valence-corrected chi connectivity index (χ1v) is 8.67. The second-order valence-corrected chi connectivity index (χ2v) is 6.64. The molecule has 0 aliphatic heterocycles. The van der Waals surface area contributed by atoms with Crippen LogP contribution in [-0.4, -0.2) is 15.7 Å². The van der Waals surface area contributed by atoms with Crippen LogP contribution < -0.4 is 5.32 Å². The molecule has 0 radical (unpaired) electrons. The predicted molar refractivity (Wildman–Crippen MR) is 102 cm³/mol. The Hall–Kier alpha value is -2.37. The quantitative estimate of drug-likeness (QED) is 0.660. The van der Waals surface area contributed by atoms with Gasteiger partial charge in [-0.3, -0.25) is 9.48 Å². The molecular formula is C19H16Cl2FN3O. The van der Waals surface area contributed by atoms with Crippen LogP contribution in [0.2, 0.25) is 10.0 Å². The van der Waals surface area contributed by atoms with Crippen LogP contribution in [0, 0.1) is 19.7 Å². The molecule has 0 saturated heterocycles. The van der Waals surface area contributed by atoms with Crippen molar-refractivity contribution in [2.45, 2.75) is 20.4 Å². The van der Waals surface area contributed by atoms with Gasteiger partial charge in [-0.2, -0.15) is 5.10 Å². The van der Waals surface area contributed by atoms with Crippen molar-refractivity contribution in [3.8, 4) is 0 Å². The first kappa shape index (κ1) is 18.4. The van der Waals surface area contributed by atoms with Gasteiger partial charge in [0, 0.05) is 5.56 Å². The second-order valence-electron chi connectivity index (χ2n) is 5.85. The van der Waals surface area contributed by atoms with Crippen molar-refractivity contribution < 1.29 is 9.18 Å². The molecule has 26 heavy (non-hydrogen) atoms. The number of carbonyl (C=O) groups is 1. The molecule has 0 aliphatic carbocycles. The summed E-state index contributed by atoms with van der Waals surface area (Å²) in [6.45, 7) is 3.86. The fourth-order valence-electron chi connectivity index (χ4n) is 2.68. The summed E-state index contributed by atoms with van der Waals surface area (Å²) in [6.07, 6.45) is 0. The van der Waals surface area contributed by atoms with Crippen molar-refractivity contribution in [2.75, 3.05) is 5.32 Å². The Labute approximate surface area is 160 Å². The summed E-state index contributed by atoms with van der Waals surface area (Å²) in [5, 5.41) is 7.74. The van der Waals surface area contributed by atoms with Crippen molar-refractivity contribution in [3.05, 3.63) is 80.8 Å². The van der Waals surface area contributed by atoms with Gasteiger partial charge in [-0.1, -0.05) is 47.5 Å². The van der Waals surface area contributed by atoms with Crippen molar-refractivity contribution in [1.29, 1.82) is 0 Å². The topological polar surface area (TPSA) is 46.9 Å². The van der Waals surface area contributed by atoms with Gasteiger partial charge in [-0.15, -0.1) is 0 Å². The van der Waals surface area contributed by atoms with Crippen molar-refractivity contribution in [3.63, 3.8) is 0 Å². The predicted octanol–water partition coefficient (Wildman–Crippen LogP) is 5.25. The van der Waals surface area contributed by atoms with Gasteiger partial charge in [0.2, 0.25) is 0 Å². The van der Waals surface area contributed by atoms with Gasteiger partial charge in [0.05, 0.1) is 39.2 Å². The van der Waals surface area contributed by atoms with E-state index in [9.17, 15) is 9.18 Å². The summed E-state index contributed by atoms with van der Waals surface area (Å²) in [6, 6.07) is 11.4. The Balaban J connectivity index is 1.88. The number of aryl methyl sites for hydroxylation is 1. The molecule has 1 N–H and O–H groups in total. The number of halogens is 3. The SMILES string of the molecule is Cc1nn(Cc2ccccc2F)c(C)c1NC(=O)c1cccc(Cl)c1Cl. The lowest BCUT2D eigenvalue weighted by atomic mass is 10.2. The fraction of sp³-hybridized carbons (Fsp3) is 0.158. The van der Waals surface area contributed by atoms with Gasteiger partial charge >= 0.3 is 0 Å². The lowest BCUT2D eigenvalue weighted by molar-refractivity contribution is 0.102. The highest BCUT2D eigenvalue weighted by Crippen LogP contribution is 2.27. The Morgan fingerprint density at radius 1 is 1.15 bits per heavy atom. The summed E-state index contributed by atoms with van der Waals surface area (Å²) in [5.41, 5.74) is 2.72. The second kappa shape index (κ2) is 7.48. The van der Waals surface area contributed by atoms with Crippen LogP contribution in [0.3, 0.4) is 0 Å². The summed E-state index contributed by atoms with van der Waals surface area (Å²) in [7, 11) is 0. The summed E-state index contributed by atoms with van der Waals surface area (Å²) in [5.74, 6) is -0.675. The smallest absolute Gasteiger partial charge is 0.257 e. The molecule has 0 saturated carbocycles. The summed E-state index contributed by atoms with van der Waals surface area (Å²) < 4.78 is 15.5. The van der Waals surface area contributed by atoms with Crippen molar-refractivity contribution >= 4 is 34.8 Å². The van der Waals surface area contributed by atoms with Crippen LogP contribution in [0.4, 0.5) is 10.1 Å². The number of aromatic nitrogens is 2. The Morgan fingerprint density at radius 3 is 2.62 bits per heavy atom. The van der Waals surface area contributed by atoms with E-state index in [2.05, 4.69) is 10.4 Å². The minimum atomic E-state index is -0.380. The van der Waals surface area contributed by atoms with Gasteiger partial charge in [0.15, 0.2) is 0 Å². The number of benzene rings is 2. The molecule has 0 bridgehead atoms. The maximum Gasteiger partial charge on any atom is 0.257 e. The molecule has 3 rings (SSSR count). The number of hydrogen-bond donors (Lipinski definition) is 1. The van der Waals surface area contributed by atoms with E-state index < -0.39 is 0 Å². The lowest BCUT2D eigenvalue weighted by Crippen LogP contribution is -2.14. The average molecular weight is 392 g/mol. The normalized spacial score (nSPS) is 10.8. The van der Waals surface area contributed by atoms with E-state index >= 15 is 0 Å². The molecule has 0 fully saturated rings. The molecule has 0 unspecified atom stereocenters. The van der Waals surface area contributed by atoms with Gasteiger partial charge < -0.3 is 5.32 Å². The molecule has 0 atom stereocenters. The van der Waals surface area contributed by atoms with Gasteiger partial charge in [-0.05, 0) is 32.0 Å². The number of carbonyl (C=O) groups excluding carboxylic acids is 1. The van der Waals surface area contributed by atoms with Crippen molar-refractivity contribution in [1.82, 2.24) is 9.78 Å². The molecule has 0 spiro atoms. The molecule has 1 aromatic heterocycles. The monoisotopic (exact) mass is 391 g/mol. The fourth-order valence-corrected chi connectivity index (χ4v) is 3.07. The van der Waals surface area contributed by atoms with Crippen LogP contribution in [-0.2, 0) is 6.54 Å². The molecule has 1 amide bonds. The molecule has 4 nitrogen and oxygen atoms in total. The van der Waals surface area contributed by atoms with Gasteiger partial charge in [0.25, 0.3) is 5.91 Å². The number of nitrogens with one attached hydrogen (secondary N) is 1. The third-order valence-corrected chi connectivity index (χ3v) is 4.91. The van der Waals surface area contributed by atoms with Crippen LogP contribution in [0.5, 0.6) is 0 Å². The Kier molecular flexibility index (Phi) is 5.30. The molecule has 134 valence electrons.